The zero-order valence-electron chi connectivity index (χ0n) is 18.2. The molecule has 0 aliphatic carbocycles. The Bertz CT molecular complexity index is 1320. The third-order valence-electron chi connectivity index (χ3n) is 5.73. The number of amides is 3. The number of benzene rings is 1. The molecule has 9 heteroatoms. The lowest BCUT2D eigenvalue weighted by Crippen LogP contribution is -2.46. The van der Waals surface area contributed by atoms with Gasteiger partial charge < -0.3 is 10.2 Å². The van der Waals surface area contributed by atoms with Crippen molar-refractivity contribution in [3.8, 4) is 21.7 Å². The van der Waals surface area contributed by atoms with E-state index in [1.165, 1.54) is 9.60 Å². The summed E-state index contributed by atoms with van der Waals surface area (Å²) in [5.74, 6) is 0.162. The van der Waals surface area contributed by atoms with Crippen LogP contribution >= 0.6 is 11.3 Å². The number of hydrogen-bond acceptors (Lipinski definition) is 7. The van der Waals surface area contributed by atoms with E-state index < -0.39 is 5.54 Å². The number of fused-ring (bicyclic) bond motifs is 1. The summed E-state index contributed by atoms with van der Waals surface area (Å²) in [4.78, 5) is 40.2. The summed E-state index contributed by atoms with van der Waals surface area (Å²) >= 11 is 1.68. The number of carbonyl (C=O) groups excluding carboxylic acids is 2. The van der Waals surface area contributed by atoms with Crippen LogP contribution in [-0.2, 0) is 4.79 Å². The van der Waals surface area contributed by atoms with Crippen LogP contribution in [-0.4, -0.2) is 50.4 Å². The summed E-state index contributed by atoms with van der Waals surface area (Å²) in [5, 5.41) is 6.72. The lowest BCUT2D eigenvalue weighted by atomic mass is 10.0. The first-order chi connectivity index (χ1) is 15.9. The van der Waals surface area contributed by atoms with Crippen molar-refractivity contribution in [1.29, 1.82) is 0 Å². The van der Waals surface area contributed by atoms with Gasteiger partial charge in [-0.15, -0.1) is 11.3 Å². The van der Waals surface area contributed by atoms with Crippen molar-refractivity contribution < 1.29 is 9.59 Å². The minimum absolute atomic E-state index is 0.295. The Hall–Kier alpha value is -3.85. The fourth-order valence-corrected chi connectivity index (χ4v) is 4.91. The Morgan fingerprint density at radius 2 is 1.97 bits per heavy atom. The number of rotatable bonds is 6. The molecular formula is C24H22N6O2S. The van der Waals surface area contributed by atoms with E-state index in [1.54, 1.807) is 43.8 Å². The predicted molar refractivity (Wildman–Crippen MR) is 129 cm³/mol. The Labute approximate surface area is 194 Å². The highest BCUT2D eigenvalue weighted by atomic mass is 32.1. The molecule has 0 saturated carbocycles. The van der Waals surface area contributed by atoms with Crippen molar-refractivity contribution in [1.82, 2.24) is 25.2 Å². The molecule has 3 aromatic heterocycles. The van der Waals surface area contributed by atoms with Gasteiger partial charge in [0.2, 0.25) is 5.95 Å². The second kappa shape index (κ2) is 8.25. The molecule has 1 aliphatic heterocycles. The number of pyridine rings is 1. The number of nitrogens with zero attached hydrogens (tertiary/aromatic N) is 4. The third-order valence-corrected chi connectivity index (χ3v) is 6.86. The number of carbonyl (C=O) groups is 2. The average molecular weight is 459 g/mol. The molecule has 0 bridgehead atoms. The largest absolute Gasteiger partial charge is 0.352 e. The second-order valence-corrected chi connectivity index (χ2v) is 9.33. The van der Waals surface area contributed by atoms with Gasteiger partial charge >= 0.3 is 6.03 Å². The van der Waals surface area contributed by atoms with Crippen LogP contribution < -0.4 is 10.6 Å². The van der Waals surface area contributed by atoms with Crippen LogP contribution in [0.15, 0.2) is 61.1 Å². The molecule has 2 N–H and O–H groups in total. The van der Waals surface area contributed by atoms with Crippen LogP contribution in [0.3, 0.4) is 0 Å². The molecule has 1 fully saturated rings. The Balaban J connectivity index is 1.44. The van der Waals surface area contributed by atoms with E-state index in [0.717, 1.165) is 27.1 Å². The summed E-state index contributed by atoms with van der Waals surface area (Å²) in [5.41, 5.74) is 1.76. The van der Waals surface area contributed by atoms with E-state index in [2.05, 4.69) is 38.8 Å². The van der Waals surface area contributed by atoms with E-state index in [9.17, 15) is 9.59 Å². The first kappa shape index (κ1) is 21.0. The minimum atomic E-state index is -0.883. The quantitative estimate of drug-likeness (QED) is 0.421. The number of nitrogens with one attached hydrogen (secondary N) is 2. The van der Waals surface area contributed by atoms with E-state index in [0.29, 0.717) is 19.0 Å². The maximum absolute atomic E-state index is 12.1. The molecular weight excluding hydrogens is 436 g/mol. The van der Waals surface area contributed by atoms with Crippen molar-refractivity contribution >= 4 is 39.3 Å². The molecule has 33 heavy (non-hydrogen) atoms. The van der Waals surface area contributed by atoms with Gasteiger partial charge in [-0.05, 0) is 37.4 Å². The first-order valence-electron chi connectivity index (χ1n) is 10.6. The number of hydrogen-bond donors (Lipinski definition) is 2. The maximum Gasteiger partial charge on any atom is 0.325 e. The molecule has 0 atom stereocenters. The molecule has 3 amide bonds. The third kappa shape index (κ3) is 3.91. The maximum atomic E-state index is 12.1. The van der Waals surface area contributed by atoms with E-state index >= 15 is 0 Å². The highest BCUT2D eigenvalue weighted by Crippen LogP contribution is 2.37. The number of thiophene rings is 1. The topological polar surface area (TPSA) is 100 Å². The number of urea groups is 1. The smallest absolute Gasteiger partial charge is 0.325 e. The predicted octanol–water partition coefficient (Wildman–Crippen LogP) is 4.16. The van der Waals surface area contributed by atoms with Gasteiger partial charge in [0, 0.05) is 47.5 Å². The zero-order valence-corrected chi connectivity index (χ0v) is 19.0. The normalized spacial score (nSPS) is 15.2. The fourth-order valence-electron chi connectivity index (χ4n) is 3.84. The minimum Gasteiger partial charge on any atom is -0.352 e. The monoisotopic (exact) mass is 458 g/mol. The highest BCUT2D eigenvalue weighted by Gasteiger charge is 2.45. The van der Waals surface area contributed by atoms with Crippen LogP contribution in [0.2, 0.25) is 0 Å². The molecule has 4 aromatic rings. The summed E-state index contributed by atoms with van der Waals surface area (Å²) in [6.07, 6.45) is 5.33. The van der Waals surface area contributed by atoms with Crippen LogP contribution in [0, 0.1) is 0 Å². The molecule has 0 radical (unpaired) electrons. The fraction of sp³-hybridized carbons (Fsp3) is 0.208. The van der Waals surface area contributed by atoms with Gasteiger partial charge in [0.1, 0.15) is 5.54 Å². The van der Waals surface area contributed by atoms with Crippen LogP contribution in [0.5, 0.6) is 0 Å². The van der Waals surface area contributed by atoms with Gasteiger partial charge in [-0.25, -0.2) is 14.8 Å². The van der Waals surface area contributed by atoms with Gasteiger partial charge in [-0.3, -0.25) is 15.1 Å². The lowest BCUT2D eigenvalue weighted by Gasteiger charge is -2.27. The van der Waals surface area contributed by atoms with Crippen molar-refractivity contribution in [3.05, 3.63) is 61.1 Å². The van der Waals surface area contributed by atoms with Crippen molar-refractivity contribution in [2.24, 2.45) is 0 Å². The van der Waals surface area contributed by atoms with Crippen LogP contribution in [0.1, 0.15) is 13.8 Å². The van der Waals surface area contributed by atoms with Gasteiger partial charge in [-0.1, -0.05) is 24.3 Å². The van der Waals surface area contributed by atoms with Crippen molar-refractivity contribution in [2.75, 3.05) is 18.4 Å². The Kier molecular flexibility index (Phi) is 5.26. The standard InChI is InChI=1S/C24H22N6O2S/c1-24(2)21(31)29-23(32)30(24)11-10-26-22-27-14-17(16-7-5-9-25-13-16)20(28-22)19-12-15-6-3-4-8-18(15)33-19/h3-9,12-14H,10-11H2,1-2H3,(H,26,27,28)(H,29,31,32). The van der Waals surface area contributed by atoms with Gasteiger partial charge in [0.25, 0.3) is 5.91 Å². The Morgan fingerprint density at radius 1 is 1.12 bits per heavy atom. The van der Waals surface area contributed by atoms with Crippen molar-refractivity contribution in [2.45, 2.75) is 19.4 Å². The molecule has 4 heterocycles. The number of anilines is 1. The highest BCUT2D eigenvalue weighted by molar-refractivity contribution is 7.22. The summed E-state index contributed by atoms with van der Waals surface area (Å²) < 4.78 is 1.18. The molecule has 166 valence electrons. The average Bonchev–Trinajstić information content (AvgIpc) is 3.33. The lowest BCUT2D eigenvalue weighted by molar-refractivity contribution is -0.125. The van der Waals surface area contributed by atoms with E-state index in [1.807, 2.05) is 24.3 Å². The van der Waals surface area contributed by atoms with Crippen LogP contribution in [0.4, 0.5) is 10.7 Å². The van der Waals surface area contributed by atoms with Crippen LogP contribution in [0.25, 0.3) is 31.8 Å². The first-order valence-corrected chi connectivity index (χ1v) is 11.4. The molecule has 0 spiro atoms. The molecule has 1 aliphatic rings. The van der Waals surface area contributed by atoms with Crippen molar-refractivity contribution in [3.63, 3.8) is 0 Å². The molecule has 0 unspecified atom stereocenters. The Morgan fingerprint density at radius 3 is 2.70 bits per heavy atom. The summed E-state index contributed by atoms with van der Waals surface area (Å²) in [7, 11) is 0. The molecule has 8 nitrogen and oxygen atoms in total. The molecule has 1 aromatic carbocycles. The van der Waals surface area contributed by atoms with Gasteiger partial charge in [0.05, 0.1) is 10.6 Å². The number of aromatic nitrogens is 3. The van der Waals surface area contributed by atoms with Gasteiger partial charge in [0.15, 0.2) is 0 Å². The molecule has 5 rings (SSSR count). The second-order valence-electron chi connectivity index (χ2n) is 8.24. The number of imide groups is 1. The zero-order chi connectivity index (χ0) is 23.0. The van der Waals surface area contributed by atoms with E-state index in [-0.39, 0.29) is 11.9 Å². The summed E-state index contributed by atoms with van der Waals surface area (Å²) in [6.45, 7) is 4.21. The molecule has 1 saturated heterocycles. The summed E-state index contributed by atoms with van der Waals surface area (Å²) in [6, 6.07) is 13.9. The van der Waals surface area contributed by atoms with E-state index in [4.69, 9.17) is 4.98 Å². The van der Waals surface area contributed by atoms with Gasteiger partial charge in [-0.2, -0.15) is 0 Å². The SMILES string of the molecule is CC1(C)C(=O)NC(=O)N1CCNc1ncc(-c2cccnc2)c(-c2cc3ccccc3s2)n1.